The molecule has 0 bridgehead atoms. The fourth-order valence-electron chi connectivity index (χ4n) is 2.41. The Morgan fingerprint density at radius 3 is 2.56 bits per heavy atom. The Morgan fingerprint density at radius 1 is 1.39 bits per heavy atom. The van der Waals surface area contributed by atoms with Crippen LogP contribution >= 0.6 is 57.4 Å². The number of alkyl halides is 3. The molecule has 1 atom stereocenters. The van der Waals surface area contributed by atoms with Gasteiger partial charge in [0.1, 0.15) is 0 Å². The first-order chi connectivity index (χ1) is 8.15. The number of rotatable bonds is 1. The zero-order valence-corrected chi connectivity index (χ0v) is 14.2. The largest absolute Gasteiger partial charge is 0.314 e. The van der Waals surface area contributed by atoms with E-state index in [1.165, 1.54) is 0 Å². The van der Waals surface area contributed by atoms with E-state index in [1.807, 2.05) is 25.1 Å². The Bertz CT molecular complexity index is 515. The number of benzene rings is 1. The Kier molecular flexibility index (Phi) is 3.83. The smallest absolute Gasteiger partial charge is 0.237 e. The molecule has 1 unspecified atom stereocenters. The lowest BCUT2D eigenvalue weighted by molar-refractivity contribution is -0.122. The molecule has 18 heavy (non-hydrogen) atoms. The lowest BCUT2D eigenvalue weighted by Crippen LogP contribution is -2.38. The first-order valence-corrected chi connectivity index (χ1v) is 7.51. The summed E-state index contributed by atoms with van der Waals surface area (Å²) in [6.07, 6.45) is 0.168. The second-order valence-corrected chi connectivity index (χ2v) is 8.41. The van der Waals surface area contributed by atoms with Crippen molar-refractivity contribution in [1.29, 1.82) is 0 Å². The van der Waals surface area contributed by atoms with Gasteiger partial charge in [-0.1, -0.05) is 34.8 Å². The van der Waals surface area contributed by atoms with Gasteiger partial charge in [0.2, 0.25) is 5.91 Å². The predicted octanol–water partition coefficient (Wildman–Crippen LogP) is 4.29. The minimum absolute atomic E-state index is 0.0363. The molecule has 0 aliphatic carbocycles. The molecule has 2 rings (SSSR count). The monoisotopic (exact) mass is 417 g/mol. The van der Waals surface area contributed by atoms with Gasteiger partial charge in [0.05, 0.1) is 5.41 Å². The molecule has 0 radical (unpaired) electrons. The van der Waals surface area contributed by atoms with Gasteiger partial charge < -0.3 is 4.90 Å². The number of hydrogen-bond donors (Lipinski definition) is 0. The van der Waals surface area contributed by atoms with Crippen molar-refractivity contribution in [2.75, 3.05) is 11.9 Å². The molecular weight excluding hydrogens is 407 g/mol. The summed E-state index contributed by atoms with van der Waals surface area (Å²) < 4.78 is -0.390. The van der Waals surface area contributed by atoms with Crippen LogP contribution in [0.5, 0.6) is 0 Å². The first-order valence-electron chi connectivity index (χ1n) is 5.30. The average molecular weight is 418 g/mol. The summed E-state index contributed by atoms with van der Waals surface area (Å²) in [6.45, 7) is 1.83. The fourth-order valence-corrected chi connectivity index (χ4v) is 3.70. The normalized spacial score (nSPS) is 23.4. The molecule has 0 saturated carbocycles. The highest BCUT2D eigenvalue weighted by molar-refractivity contribution is 14.1. The van der Waals surface area contributed by atoms with E-state index < -0.39 is 9.21 Å². The molecule has 0 aromatic heterocycles. The van der Waals surface area contributed by atoms with E-state index in [0.717, 1.165) is 14.8 Å². The van der Waals surface area contributed by atoms with Gasteiger partial charge in [-0.05, 0) is 53.3 Å². The van der Waals surface area contributed by atoms with Crippen LogP contribution in [0.2, 0.25) is 0 Å². The van der Waals surface area contributed by atoms with E-state index in [-0.39, 0.29) is 12.3 Å². The van der Waals surface area contributed by atoms with Crippen LogP contribution in [0.4, 0.5) is 5.69 Å². The van der Waals surface area contributed by atoms with Gasteiger partial charge in [-0.2, -0.15) is 0 Å². The molecule has 98 valence electrons. The molecule has 0 spiro atoms. The zero-order valence-electron chi connectivity index (χ0n) is 9.81. The Balaban J connectivity index is 2.57. The maximum atomic E-state index is 12.4. The third-order valence-electron chi connectivity index (χ3n) is 3.25. The van der Waals surface area contributed by atoms with Crippen molar-refractivity contribution < 1.29 is 4.79 Å². The average Bonchev–Trinajstić information content (AvgIpc) is 2.39. The van der Waals surface area contributed by atoms with Crippen LogP contribution < -0.4 is 4.90 Å². The molecule has 1 heterocycles. The van der Waals surface area contributed by atoms with Gasteiger partial charge >= 0.3 is 0 Å². The maximum Gasteiger partial charge on any atom is 0.237 e. The molecule has 6 heteroatoms. The number of hydrogen-bond acceptors (Lipinski definition) is 1. The van der Waals surface area contributed by atoms with Crippen molar-refractivity contribution >= 4 is 69.0 Å². The SMILES string of the molecule is CN1C(=O)C(C)(CC(Cl)(Cl)Cl)c2cc(I)ccc21. The summed E-state index contributed by atoms with van der Waals surface area (Å²) >= 11 is 19.9. The van der Waals surface area contributed by atoms with E-state index in [9.17, 15) is 4.79 Å². The zero-order chi connectivity index (χ0) is 13.7. The van der Waals surface area contributed by atoms with Gasteiger partial charge in [-0.25, -0.2) is 0 Å². The van der Waals surface area contributed by atoms with E-state index >= 15 is 0 Å². The lowest BCUT2D eigenvalue weighted by atomic mass is 9.81. The summed E-state index contributed by atoms with van der Waals surface area (Å²) in [5.74, 6) is -0.0363. The van der Waals surface area contributed by atoms with Crippen LogP contribution in [0.25, 0.3) is 0 Å². The molecule has 1 aliphatic heterocycles. The molecule has 1 aromatic carbocycles. The minimum atomic E-state index is -1.45. The summed E-state index contributed by atoms with van der Waals surface area (Å²) in [6, 6.07) is 5.87. The molecule has 0 saturated heterocycles. The number of anilines is 1. The van der Waals surface area contributed by atoms with Crippen LogP contribution in [0.1, 0.15) is 18.9 Å². The quantitative estimate of drug-likeness (QED) is 0.492. The Morgan fingerprint density at radius 2 is 2.00 bits per heavy atom. The molecule has 2 nitrogen and oxygen atoms in total. The lowest BCUT2D eigenvalue weighted by Gasteiger charge is -2.27. The third-order valence-corrected chi connectivity index (χ3v) is 4.32. The summed E-state index contributed by atoms with van der Waals surface area (Å²) in [4.78, 5) is 14.0. The summed E-state index contributed by atoms with van der Waals surface area (Å²) in [5.41, 5.74) is 1.03. The first kappa shape index (κ1) is 14.7. The maximum absolute atomic E-state index is 12.4. The number of fused-ring (bicyclic) bond motifs is 1. The standard InChI is InChI=1S/C12H11Cl3INO/c1-11(6-12(13,14)15)8-5-7(16)3-4-9(8)17(2)10(11)18/h3-5H,6H2,1-2H3. The van der Waals surface area contributed by atoms with E-state index in [0.29, 0.717) is 0 Å². The molecule has 1 aliphatic rings. The van der Waals surface area contributed by atoms with E-state index in [4.69, 9.17) is 34.8 Å². The van der Waals surface area contributed by atoms with Crippen LogP contribution in [-0.4, -0.2) is 16.7 Å². The minimum Gasteiger partial charge on any atom is -0.314 e. The molecule has 0 fully saturated rings. The van der Waals surface area contributed by atoms with Gasteiger partial charge in [0.15, 0.2) is 3.79 Å². The molecule has 1 amide bonds. The van der Waals surface area contributed by atoms with Gasteiger partial charge in [0.25, 0.3) is 0 Å². The Labute approximate surface area is 135 Å². The van der Waals surface area contributed by atoms with Crippen LogP contribution in [0.3, 0.4) is 0 Å². The topological polar surface area (TPSA) is 20.3 Å². The molecular formula is C12H11Cl3INO. The van der Waals surface area contributed by atoms with Gasteiger partial charge in [0, 0.05) is 22.7 Å². The highest BCUT2D eigenvalue weighted by Crippen LogP contribution is 2.49. The van der Waals surface area contributed by atoms with Crippen LogP contribution in [-0.2, 0) is 10.2 Å². The second-order valence-electron chi connectivity index (χ2n) is 4.65. The Hall–Kier alpha value is 0.290. The number of carbonyl (C=O) groups is 1. The highest BCUT2D eigenvalue weighted by Gasteiger charge is 2.49. The van der Waals surface area contributed by atoms with Crippen molar-refractivity contribution in [2.24, 2.45) is 0 Å². The second kappa shape index (κ2) is 4.69. The number of nitrogens with zero attached hydrogens (tertiary/aromatic N) is 1. The third kappa shape index (κ3) is 2.47. The van der Waals surface area contributed by atoms with Crippen LogP contribution in [0.15, 0.2) is 18.2 Å². The predicted molar refractivity (Wildman–Crippen MR) is 84.8 cm³/mol. The highest BCUT2D eigenvalue weighted by atomic mass is 127. The van der Waals surface area contributed by atoms with Crippen molar-refractivity contribution in [1.82, 2.24) is 0 Å². The number of likely N-dealkylation sites (N-methyl/N-ethyl adjacent to an activating group) is 1. The van der Waals surface area contributed by atoms with Crippen molar-refractivity contribution in [3.8, 4) is 0 Å². The molecule has 1 aromatic rings. The van der Waals surface area contributed by atoms with E-state index in [1.54, 1.807) is 11.9 Å². The molecule has 0 N–H and O–H groups in total. The number of carbonyl (C=O) groups excluding carboxylic acids is 1. The van der Waals surface area contributed by atoms with Gasteiger partial charge in [-0.3, -0.25) is 4.79 Å². The van der Waals surface area contributed by atoms with E-state index in [2.05, 4.69) is 22.6 Å². The number of halogens is 4. The summed E-state index contributed by atoms with van der Waals surface area (Å²) in [5, 5.41) is 0. The number of amides is 1. The van der Waals surface area contributed by atoms with Gasteiger partial charge in [-0.15, -0.1) is 0 Å². The summed E-state index contributed by atoms with van der Waals surface area (Å²) in [7, 11) is 1.75. The fraction of sp³-hybridized carbons (Fsp3) is 0.417. The van der Waals surface area contributed by atoms with Crippen molar-refractivity contribution in [3.63, 3.8) is 0 Å². The van der Waals surface area contributed by atoms with Crippen molar-refractivity contribution in [3.05, 3.63) is 27.3 Å². The van der Waals surface area contributed by atoms with Crippen molar-refractivity contribution in [2.45, 2.75) is 22.6 Å². The van der Waals surface area contributed by atoms with Crippen LogP contribution in [0, 0.1) is 3.57 Å².